The quantitative estimate of drug-likeness (QED) is 0.206. The first-order chi connectivity index (χ1) is 22.1. The van der Waals surface area contributed by atoms with Gasteiger partial charge < -0.3 is 14.9 Å². The van der Waals surface area contributed by atoms with E-state index < -0.39 is 34.9 Å². The summed E-state index contributed by atoms with van der Waals surface area (Å²) < 4.78 is 6.78. The number of ether oxygens (including phenoxy) is 1. The Kier molecular flexibility index (Phi) is 9.99. The van der Waals surface area contributed by atoms with Crippen LogP contribution < -0.4 is 0 Å². The van der Waals surface area contributed by atoms with Crippen LogP contribution in [-0.2, 0) is 19.1 Å². The molecule has 5 rings (SSSR count). The molecule has 256 valence electrons. The van der Waals surface area contributed by atoms with Crippen molar-refractivity contribution in [3.05, 3.63) is 70.4 Å². The maximum atomic E-state index is 14.6. The minimum absolute atomic E-state index is 0.0157. The SMILES string of the molecule is C/C=C(C)/C=C/C=C(C)/C=C/C1=C(C)CCCC1(C)C(=O)O[C@H]1C[C@@]2(C)[C@@H](CC[C@]2(O)C(=O)CO)[C@@H]2CCC3=CC(=O)CC[C@]3(C)[C@H]21. The lowest BCUT2D eigenvalue weighted by atomic mass is 9.45. The third-order valence-electron chi connectivity index (χ3n) is 13.3. The Balaban J connectivity index is 1.51. The summed E-state index contributed by atoms with van der Waals surface area (Å²) in [5, 5.41) is 21.9. The Labute approximate surface area is 281 Å². The molecule has 0 spiro atoms. The van der Waals surface area contributed by atoms with E-state index >= 15 is 0 Å². The van der Waals surface area contributed by atoms with Crippen LogP contribution in [0.15, 0.2) is 70.4 Å². The van der Waals surface area contributed by atoms with Crippen LogP contribution >= 0.6 is 0 Å². The number of aliphatic hydroxyl groups excluding tert-OH is 1. The second-order valence-corrected chi connectivity index (χ2v) is 15.9. The standard InChI is InChI=1S/C41H56O6/c1-8-26(2)11-9-12-27(3)14-17-32-28(4)13-10-20-39(32,6)37(45)47-34-24-40(7)33(19-22-41(40,46)35(44)25-42)31-16-15-29-23-30(43)18-21-38(29,5)36(31)34/h8-9,11-12,14,17,23,31,33-34,36,42,46H,10,13,15-16,18-22,24-25H2,1-7H3/b11-9+,17-14+,26-8+,27-12+/t31-,33-,34-,36+,38-,39?,40-,41-/m0/s1. The zero-order valence-electron chi connectivity index (χ0n) is 29.7. The van der Waals surface area contributed by atoms with Crippen molar-refractivity contribution in [1.29, 1.82) is 0 Å². The lowest BCUT2D eigenvalue weighted by Crippen LogP contribution is -2.63. The number of rotatable bonds is 8. The molecule has 3 saturated carbocycles. The van der Waals surface area contributed by atoms with Gasteiger partial charge in [-0.1, -0.05) is 72.6 Å². The summed E-state index contributed by atoms with van der Waals surface area (Å²) in [5.74, 6) is -0.457. The Morgan fingerprint density at radius 3 is 2.47 bits per heavy atom. The number of carbonyl (C=O) groups excluding carboxylic acids is 3. The highest BCUT2D eigenvalue weighted by atomic mass is 16.5. The van der Waals surface area contributed by atoms with Gasteiger partial charge in [0, 0.05) is 17.8 Å². The van der Waals surface area contributed by atoms with Crippen LogP contribution in [0.5, 0.6) is 0 Å². The summed E-state index contributed by atoms with van der Waals surface area (Å²) in [6.45, 7) is 13.8. The van der Waals surface area contributed by atoms with Crippen LogP contribution in [0.1, 0.15) is 113 Å². The molecule has 0 heterocycles. The van der Waals surface area contributed by atoms with Gasteiger partial charge in [0.2, 0.25) is 0 Å². The van der Waals surface area contributed by atoms with Gasteiger partial charge in [0.05, 0.1) is 5.41 Å². The zero-order valence-corrected chi connectivity index (χ0v) is 29.7. The van der Waals surface area contributed by atoms with E-state index in [1.54, 1.807) is 0 Å². The van der Waals surface area contributed by atoms with Crippen LogP contribution in [0.4, 0.5) is 0 Å². The molecule has 8 atom stereocenters. The average Bonchev–Trinajstić information content (AvgIpc) is 3.30. The van der Waals surface area contributed by atoms with Gasteiger partial charge in [0.25, 0.3) is 0 Å². The number of hydrogen-bond acceptors (Lipinski definition) is 6. The van der Waals surface area contributed by atoms with E-state index in [4.69, 9.17) is 4.74 Å². The predicted molar refractivity (Wildman–Crippen MR) is 185 cm³/mol. The van der Waals surface area contributed by atoms with Gasteiger partial charge in [0.15, 0.2) is 11.6 Å². The first kappa shape index (κ1) is 35.5. The molecule has 2 N–H and O–H groups in total. The van der Waals surface area contributed by atoms with E-state index in [0.29, 0.717) is 38.5 Å². The van der Waals surface area contributed by atoms with Gasteiger partial charge >= 0.3 is 5.97 Å². The Hall–Kier alpha value is -2.83. The number of Topliss-reactive ketones (excluding diaryl/α,β-unsaturated/α-hetero) is 1. The number of aliphatic hydroxyl groups is 2. The first-order valence-corrected chi connectivity index (χ1v) is 17.8. The number of carbonyl (C=O) groups is 3. The molecular formula is C41H56O6. The summed E-state index contributed by atoms with van der Waals surface area (Å²) in [5.41, 5.74) is 1.98. The Bertz CT molecular complexity index is 1490. The fraction of sp³-hybridized carbons (Fsp3) is 0.634. The molecule has 6 heteroatoms. The first-order valence-electron chi connectivity index (χ1n) is 17.8. The summed E-state index contributed by atoms with van der Waals surface area (Å²) in [6, 6.07) is 0. The lowest BCUT2D eigenvalue weighted by molar-refractivity contribution is -0.200. The van der Waals surface area contributed by atoms with Gasteiger partial charge in [-0.25, -0.2) is 0 Å². The van der Waals surface area contributed by atoms with Gasteiger partial charge in [-0.15, -0.1) is 0 Å². The van der Waals surface area contributed by atoms with Crippen LogP contribution in [0.25, 0.3) is 0 Å². The molecule has 0 bridgehead atoms. The lowest BCUT2D eigenvalue weighted by Gasteiger charge is -2.61. The van der Waals surface area contributed by atoms with E-state index in [2.05, 4.69) is 58.1 Å². The molecule has 0 aromatic carbocycles. The highest BCUT2D eigenvalue weighted by Gasteiger charge is 2.69. The Morgan fingerprint density at radius 2 is 1.77 bits per heavy atom. The van der Waals surface area contributed by atoms with Crippen molar-refractivity contribution in [2.75, 3.05) is 6.61 Å². The molecule has 5 aliphatic carbocycles. The van der Waals surface area contributed by atoms with Gasteiger partial charge in [-0.05, 0) is 121 Å². The molecule has 5 aliphatic rings. The van der Waals surface area contributed by atoms with E-state index in [0.717, 1.165) is 42.4 Å². The monoisotopic (exact) mass is 644 g/mol. The second-order valence-electron chi connectivity index (χ2n) is 15.9. The van der Waals surface area contributed by atoms with Crippen molar-refractivity contribution in [3.8, 4) is 0 Å². The van der Waals surface area contributed by atoms with Crippen LogP contribution in [-0.4, -0.2) is 46.1 Å². The van der Waals surface area contributed by atoms with Gasteiger partial charge in [-0.2, -0.15) is 0 Å². The smallest absolute Gasteiger partial charge is 0.316 e. The molecular weight excluding hydrogens is 588 g/mol. The maximum Gasteiger partial charge on any atom is 0.316 e. The third-order valence-corrected chi connectivity index (χ3v) is 13.3. The zero-order chi connectivity index (χ0) is 34.4. The largest absolute Gasteiger partial charge is 0.461 e. The maximum absolute atomic E-state index is 14.6. The number of esters is 1. The van der Waals surface area contributed by atoms with Crippen molar-refractivity contribution >= 4 is 17.5 Å². The number of ketones is 2. The molecule has 0 aromatic rings. The van der Waals surface area contributed by atoms with Crippen LogP contribution in [0, 0.1) is 34.0 Å². The average molecular weight is 645 g/mol. The normalized spacial score (nSPS) is 39.5. The van der Waals surface area contributed by atoms with E-state index in [-0.39, 0.29) is 34.9 Å². The Morgan fingerprint density at radius 1 is 1.02 bits per heavy atom. The molecule has 0 amide bonds. The highest BCUT2D eigenvalue weighted by molar-refractivity contribution is 5.92. The molecule has 0 radical (unpaired) electrons. The molecule has 0 saturated heterocycles. The fourth-order valence-corrected chi connectivity index (χ4v) is 10.3. The van der Waals surface area contributed by atoms with Crippen molar-refractivity contribution < 1.29 is 29.3 Å². The van der Waals surface area contributed by atoms with E-state index in [9.17, 15) is 24.6 Å². The van der Waals surface area contributed by atoms with E-state index in [1.165, 1.54) is 11.1 Å². The van der Waals surface area contributed by atoms with Gasteiger partial charge in [-0.3, -0.25) is 14.4 Å². The number of hydrogen-bond donors (Lipinski definition) is 2. The summed E-state index contributed by atoms with van der Waals surface area (Å²) in [7, 11) is 0. The number of allylic oxidation sites excluding steroid dienone is 10. The van der Waals surface area contributed by atoms with Gasteiger partial charge in [0.1, 0.15) is 18.3 Å². The molecule has 3 fully saturated rings. The summed E-state index contributed by atoms with van der Waals surface area (Å²) >= 11 is 0. The van der Waals surface area contributed by atoms with Crippen molar-refractivity contribution in [1.82, 2.24) is 0 Å². The van der Waals surface area contributed by atoms with E-state index in [1.807, 2.05) is 32.9 Å². The fourth-order valence-electron chi connectivity index (χ4n) is 10.3. The summed E-state index contributed by atoms with van der Waals surface area (Å²) in [4.78, 5) is 40.4. The molecule has 1 unspecified atom stereocenters. The summed E-state index contributed by atoms with van der Waals surface area (Å²) in [6.07, 6.45) is 20.4. The van der Waals surface area contributed by atoms with Crippen molar-refractivity contribution in [2.45, 2.75) is 124 Å². The third kappa shape index (κ3) is 6.03. The molecule has 0 aliphatic heterocycles. The topological polar surface area (TPSA) is 101 Å². The minimum Gasteiger partial charge on any atom is -0.461 e. The molecule has 0 aromatic heterocycles. The number of fused-ring (bicyclic) bond motifs is 5. The second kappa shape index (κ2) is 13.2. The molecule has 6 nitrogen and oxygen atoms in total. The minimum atomic E-state index is -1.66. The predicted octanol–water partition coefficient (Wildman–Crippen LogP) is 7.86. The van der Waals surface area contributed by atoms with Crippen molar-refractivity contribution in [2.24, 2.45) is 34.0 Å². The highest BCUT2D eigenvalue weighted by Crippen LogP contribution is 2.68. The van der Waals surface area contributed by atoms with Crippen molar-refractivity contribution in [3.63, 3.8) is 0 Å². The van der Waals surface area contributed by atoms with Crippen LogP contribution in [0.2, 0.25) is 0 Å². The molecule has 47 heavy (non-hydrogen) atoms. The van der Waals surface area contributed by atoms with Crippen LogP contribution in [0.3, 0.4) is 0 Å².